The molecule has 10 heteroatoms. The summed E-state index contributed by atoms with van der Waals surface area (Å²) in [5.74, 6) is -0.318. The van der Waals surface area contributed by atoms with Gasteiger partial charge in [-0.15, -0.1) is 0 Å². The van der Waals surface area contributed by atoms with Crippen molar-refractivity contribution in [3.63, 3.8) is 0 Å². The Morgan fingerprint density at radius 3 is 2.58 bits per heavy atom. The number of benzene rings is 1. The van der Waals surface area contributed by atoms with Gasteiger partial charge in [0.25, 0.3) is 0 Å². The fourth-order valence-electron chi connectivity index (χ4n) is 5.30. The largest absolute Gasteiger partial charge is 0.378 e. The van der Waals surface area contributed by atoms with Gasteiger partial charge in [0.15, 0.2) is 5.82 Å². The van der Waals surface area contributed by atoms with E-state index in [1.807, 2.05) is 19.2 Å². The van der Waals surface area contributed by atoms with Crippen molar-refractivity contribution < 1.29 is 18.3 Å². The zero-order valence-corrected chi connectivity index (χ0v) is 22.2. The van der Waals surface area contributed by atoms with Gasteiger partial charge in [-0.25, -0.2) is 18.7 Å². The van der Waals surface area contributed by atoms with Gasteiger partial charge in [0.2, 0.25) is 5.91 Å². The first-order valence-corrected chi connectivity index (χ1v) is 13.4. The first-order chi connectivity index (χ1) is 18.4. The summed E-state index contributed by atoms with van der Waals surface area (Å²) in [4.78, 5) is 28.0. The second-order valence-electron chi connectivity index (χ2n) is 9.73. The molecule has 0 saturated carbocycles. The van der Waals surface area contributed by atoms with Gasteiger partial charge in [-0.1, -0.05) is 6.92 Å². The number of ether oxygens (including phenoxy) is 1. The Balaban J connectivity index is 1.69. The zero-order chi connectivity index (χ0) is 26.8. The number of aromatic nitrogens is 2. The summed E-state index contributed by atoms with van der Waals surface area (Å²) in [6.07, 6.45) is 4.00. The highest BCUT2D eigenvalue weighted by atomic mass is 19.1. The Labute approximate surface area is 221 Å². The third-order valence-electron chi connectivity index (χ3n) is 7.21. The van der Waals surface area contributed by atoms with Crippen LogP contribution >= 0.6 is 0 Å². The molecule has 1 aromatic carbocycles. The summed E-state index contributed by atoms with van der Waals surface area (Å²) in [5, 5.41) is 3.65. The Morgan fingerprint density at radius 1 is 1.11 bits per heavy atom. The minimum absolute atomic E-state index is 0.0430. The van der Waals surface area contributed by atoms with E-state index < -0.39 is 11.6 Å². The van der Waals surface area contributed by atoms with Gasteiger partial charge in [-0.3, -0.25) is 9.69 Å². The highest BCUT2D eigenvalue weighted by Gasteiger charge is 2.28. The lowest BCUT2D eigenvalue weighted by Crippen LogP contribution is -2.37. The number of morpholine rings is 1. The number of anilines is 5. The van der Waals surface area contributed by atoms with Crippen LogP contribution in [-0.4, -0.2) is 61.8 Å². The molecule has 0 atom stereocenters. The maximum absolute atomic E-state index is 15.3. The number of amides is 1. The van der Waals surface area contributed by atoms with Crippen LogP contribution in [-0.2, 0) is 9.53 Å². The van der Waals surface area contributed by atoms with Gasteiger partial charge in [0, 0.05) is 56.8 Å². The highest BCUT2D eigenvalue weighted by molar-refractivity contribution is 6.02. The van der Waals surface area contributed by atoms with E-state index in [1.54, 1.807) is 4.90 Å². The summed E-state index contributed by atoms with van der Waals surface area (Å²) < 4.78 is 35.2. The topological polar surface area (TPSA) is 73.8 Å². The standard InChI is InChI=1S/C28H34F2N6O2/c1-4-8-34(5-2)20-16-23(28(31-17-20)35-10-12-38-13-11-35)32-26-18(3)27(36-9-6-7-24(36)37)33-22-15-19(29)14-21(30)25(22)26/h14-17H,4-13H2,1-3H3,(H,32,33). The van der Waals surface area contributed by atoms with Crippen LogP contribution in [0.25, 0.3) is 10.9 Å². The number of hydrogen-bond donors (Lipinski definition) is 1. The van der Waals surface area contributed by atoms with Crippen LogP contribution in [0.3, 0.4) is 0 Å². The molecule has 2 aliphatic rings. The van der Waals surface area contributed by atoms with Gasteiger partial charge in [0.05, 0.1) is 47.4 Å². The van der Waals surface area contributed by atoms with E-state index in [2.05, 4.69) is 33.9 Å². The Hall–Kier alpha value is -3.53. The summed E-state index contributed by atoms with van der Waals surface area (Å²) in [6, 6.07) is 4.11. The van der Waals surface area contributed by atoms with Gasteiger partial charge >= 0.3 is 0 Å². The van der Waals surface area contributed by atoms with E-state index >= 15 is 4.39 Å². The van der Waals surface area contributed by atoms with Crippen molar-refractivity contribution in [3.05, 3.63) is 41.6 Å². The third kappa shape index (κ3) is 4.97. The molecule has 2 saturated heterocycles. The first kappa shape index (κ1) is 26.1. The van der Waals surface area contributed by atoms with Gasteiger partial charge in [-0.05, 0) is 32.8 Å². The number of rotatable bonds is 8. The van der Waals surface area contributed by atoms with Crippen LogP contribution in [0, 0.1) is 18.6 Å². The second-order valence-corrected chi connectivity index (χ2v) is 9.73. The van der Waals surface area contributed by atoms with E-state index in [1.165, 1.54) is 6.07 Å². The number of hydrogen-bond acceptors (Lipinski definition) is 7. The maximum Gasteiger partial charge on any atom is 0.228 e. The molecule has 0 radical (unpaired) electrons. The Bertz CT molecular complexity index is 1340. The number of nitrogens with one attached hydrogen (secondary N) is 1. The minimum atomic E-state index is -0.716. The molecule has 2 aliphatic heterocycles. The van der Waals surface area contributed by atoms with E-state index in [9.17, 15) is 9.18 Å². The van der Waals surface area contributed by atoms with Crippen LogP contribution in [0.4, 0.5) is 37.5 Å². The molecule has 1 amide bonds. The summed E-state index contributed by atoms with van der Waals surface area (Å²) in [6.45, 7) is 10.8. The SMILES string of the molecule is CCCN(CC)c1cnc(N2CCOCC2)c(Nc2c(C)c(N3CCCC3=O)nc3cc(F)cc(F)c23)c1. The average Bonchev–Trinajstić information content (AvgIpc) is 3.34. The lowest BCUT2D eigenvalue weighted by atomic mass is 10.1. The predicted molar refractivity (Wildman–Crippen MR) is 147 cm³/mol. The Kier molecular flexibility index (Phi) is 7.60. The first-order valence-electron chi connectivity index (χ1n) is 13.4. The monoisotopic (exact) mass is 524 g/mol. The van der Waals surface area contributed by atoms with Crippen LogP contribution in [0.5, 0.6) is 0 Å². The van der Waals surface area contributed by atoms with Gasteiger partial charge < -0.3 is 19.9 Å². The molecule has 5 rings (SSSR count). The van der Waals surface area contributed by atoms with Crippen molar-refractivity contribution in [2.45, 2.75) is 40.0 Å². The molecule has 38 heavy (non-hydrogen) atoms. The predicted octanol–water partition coefficient (Wildman–Crippen LogP) is 5.16. The van der Waals surface area contributed by atoms with Crippen molar-refractivity contribution in [1.82, 2.24) is 9.97 Å². The third-order valence-corrected chi connectivity index (χ3v) is 7.21. The van der Waals surface area contributed by atoms with Crippen molar-refractivity contribution in [1.29, 1.82) is 0 Å². The number of carbonyl (C=O) groups is 1. The number of nitrogens with zero attached hydrogens (tertiary/aromatic N) is 5. The van der Waals surface area contributed by atoms with Crippen LogP contribution < -0.4 is 20.0 Å². The van der Waals surface area contributed by atoms with Crippen molar-refractivity contribution >= 4 is 45.5 Å². The van der Waals surface area contributed by atoms with E-state index in [-0.39, 0.29) is 16.8 Å². The summed E-state index contributed by atoms with van der Waals surface area (Å²) in [7, 11) is 0. The zero-order valence-electron chi connectivity index (χ0n) is 22.2. The van der Waals surface area contributed by atoms with Crippen molar-refractivity contribution in [2.75, 3.05) is 66.0 Å². The van der Waals surface area contributed by atoms with E-state index in [4.69, 9.17) is 9.72 Å². The van der Waals surface area contributed by atoms with Crippen LogP contribution in [0.1, 0.15) is 38.7 Å². The molecule has 0 aliphatic carbocycles. The smallest absolute Gasteiger partial charge is 0.228 e. The molecule has 4 heterocycles. The highest BCUT2D eigenvalue weighted by Crippen LogP contribution is 2.40. The molecule has 2 aromatic heterocycles. The minimum Gasteiger partial charge on any atom is -0.378 e. The summed E-state index contributed by atoms with van der Waals surface area (Å²) in [5.41, 5.74) is 2.89. The van der Waals surface area contributed by atoms with Crippen LogP contribution in [0.2, 0.25) is 0 Å². The van der Waals surface area contributed by atoms with Gasteiger partial charge in [0.1, 0.15) is 17.5 Å². The normalized spacial score (nSPS) is 16.0. The number of carbonyl (C=O) groups excluding carboxylic acids is 1. The molecule has 0 bridgehead atoms. The fourth-order valence-corrected chi connectivity index (χ4v) is 5.30. The molecule has 2 fully saturated rings. The molecule has 0 unspecified atom stereocenters. The number of halogens is 2. The van der Waals surface area contributed by atoms with Crippen molar-refractivity contribution in [3.8, 4) is 0 Å². The number of fused-ring (bicyclic) bond motifs is 1. The molecular weight excluding hydrogens is 490 g/mol. The maximum atomic E-state index is 15.3. The van der Waals surface area contributed by atoms with E-state index in [0.717, 1.165) is 43.5 Å². The molecular formula is C28H34F2N6O2. The fraction of sp³-hybridized carbons (Fsp3) is 0.464. The lowest BCUT2D eigenvalue weighted by molar-refractivity contribution is -0.117. The average molecular weight is 525 g/mol. The van der Waals surface area contributed by atoms with E-state index in [0.29, 0.717) is 62.0 Å². The Morgan fingerprint density at radius 2 is 1.89 bits per heavy atom. The second kappa shape index (κ2) is 11.1. The molecule has 1 N–H and O–H groups in total. The van der Waals surface area contributed by atoms with Crippen LogP contribution in [0.15, 0.2) is 24.4 Å². The summed E-state index contributed by atoms with van der Waals surface area (Å²) >= 11 is 0. The molecule has 8 nitrogen and oxygen atoms in total. The van der Waals surface area contributed by atoms with Crippen molar-refractivity contribution in [2.24, 2.45) is 0 Å². The molecule has 0 spiro atoms. The molecule has 202 valence electrons. The quantitative estimate of drug-likeness (QED) is 0.436. The van der Waals surface area contributed by atoms with Gasteiger partial charge in [-0.2, -0.15) is 0 Å². The lowest BCUT2D eigenvalue weighted by Gasteiger charge is -2.31. The molecule has 3 aromatic rings. The number of pyridine rings is 2.